The lowest BCUT2D eigenvalue weighted by Crippen LogP contribution is -1.85. The highest BCUT2D eigenvalue weighted by Crippen LogP contribution is 2.32. The van der Waals surface area contributed by atoms with Crippen LogP contribution in [0, 0.1) is 5.82 Å². The topological polar surface area (TPSA) is 9.23 Å². The summed E-state index contributed by atoms with van der Waals surface area (Å²) in [6, 6.07) is 12.8. The van der Waals surface area contributed by atoms with Crippen LogP contribution >= 0.6 is 15.9 Å². The van der Waals surface area contributed by atoms with Crippen molar-refractivity contribution in [3.63, 3.8) is 0 Å². The van der Waals surface area contributed by atoms with Gasteiger partial charge in [0.15, 0.2) is 0 Å². The Morgan fingerprint density at radius 2 is 1.56 bits per heavy atom. The zero-order valence-electron chi connectivity index (χ0n) is 9.71. The van der Waals surface area contributed by atoms with E-state index in [0.717, 1.165) is 31.8 Å². The van der Waals surface area contributed by atoms with Gasteiger partial charge < -0.3 is 4.74 Å². The maximum atomic E-state index is 13.2. The molecule has 90 valence electrons. The lowest BCUT2D eigenvalue weighted by molar-refractivity contribution is 0.413. The van der Waals surface area contributed by atoms with Crippen LogP contribution in [-0.2, 0) is 0 Å². The zero-order valence-corrected chi connectivity index (χ0v) is 11.3. The largest absolute Gasteiger partial charge is 0.496 e. The highest BCUT2D eigenvalue weighted by molar-refractivity contribution is 9.10. The molecule has 0 aliphatic heterocycles. The van der Waals surface area contributed by atoms with Crippen molar-refractivity contribution in [2.75, 3.05) is 7.11 Å². The quantitative estimate of drug-likeness (QED) is 0.581. The maximum absolute atomic E-state index is 13.2. The molecule has 0 heterocycles. The predicted octanol–water partition coefficient (Wildman–Crippen LogP) is 4.90. The first-order valence-corrected chi connectivity index (χ1v) is 6.33. The lowest BCUT2D eigenvalue weighted by Gasteiger charge is -2.07. The van der Waals surface area contributed by atoms with Gasteiger partial charge in [0, 0.05) is 0 Å². The van der Waals surface area contributed by atoms with Crippen LogP contribution in [0.25, 0.3) is 21.5 Å². The average molecular weight is 305 g/mol. The summed E-state index contributed by atoms with van der Waals surface area (Å²) in [5.41, 5.74) is 0. The van der Waals surface area contributed by atoms with E-state index in [0.29, 0.717) is 0 Å². The summed E-state index contributed by atoms with van der Waals surface area (Å²) in [5, 5.41) is 4.06. The molecule has 1 nitrogen and oxygen atoms in total. The molecule has 0 saturated heterocycles. The molecule has 18 heavy (non-hydrogen) atoms. The van der Waals surface area contributed by atoms with Crippen molar-refractivity contribution in [3.05, 3.63) is 52.8 Å². The smallest absolute Gasteiger partial charge is 0.133 e. The lowest BCUT2D eigenvalue weighted by atomic mass is 10.0. The van der Waals surface area contributed by atoms with Crippen LogP contribution < -0.4 is 4.74 Å². The van der Waals surface area contributed by atoms with Crippen molar-refractivity contribution in [2.24, 2.45) is 0 Å². The van der Waals surface area contributed by atoms with E-state index in [1.54, 1.807) is 19.2 Å². The normalized spacial score (nSPS) is 11.1. The minimum Gasteiger partial charge on any atom is -0.496 e. The summed E-state index contributed by atoms with van der Waals surface area (Å²) in [6.45, 7) is 0. The molecular formula is C15H10BrFO. The van der Waals surface area contributed by atoms with Crippen molar-refractivity contribution in [1.29, 1.82) is 0 Å². The Hall–Kier alpha value is -1.61. The molecule has 0 fully saturated rings. The molecule has 3 aromatic carbocycles. The highest BCUT2D eigenvalue weighted by atomic mass is 79.9. The fourth-order valence-corrected chi connectivity index (χ4v) is 2.65. The number of rotatable bonds is 1. The third-order valence-corrected chi connectivity index (χ3v) is 3.65. The molecular weight excluding hydrogens is 295 g/mol. The van der Waals surface area contributed by atoms with Crippen molar-refractivity contribution >= 4 is 37.5 Å². The Morgan fingerprint density at radius 1 is 0.889 bits per heavy atom. The number of halogens is 2. The number of benzene rings is 3. The van der Waals surface area contributed by atoms with Gasteiger partial charge >= 0.3 is 0 Å². The van der Waals surface area contributed by atoms with Gasteiger partial charge in [-0.1, -0.05) is 6.07 Å². The van der Waals surface area contributed by atoms with E-state index in [9.17, 15) is 4.39 Å². The molecule has 3 aromatic rings. The summed E-state index contributed by atoms with van der Waals surface area (Å²) in [4.78, 5) is 0. The van der Waals surface area contributed by atoms with E-state index in [1.807, 2.05) is 24.3 Å². The molecule has 0 aromatic heterocycles. The standard InChI is InChI=1S/C15H10BrFO/c1-18-15-8-12-5-10-6-13(17)3-2-9(10)4-11(12)7-14(15)16/h2-8H,1H3. The number of fused-ring (bicyclic) bond motifs is 2. The third-order valence-electron chi connectivity index (χ3n) is 3.03. The van der Waals surface area contributed by atoms with Gasteiger partial charge in [-0.15, -0.1) is 0 Å². The summed E-state index contributed by atoms with van der Waals surface area (Å²) in [5.74, 6) is 0.559. The molecule has 0 bridgehead atoms. The highest BCUT2D eigenvalue weighted by Gasteiger charge is 2.05. The van der Waals surface area contributed by atoms with E-state index < -0.39 is 0 Å². The van der Waals surface area contributed by atoms with E-state index in [2.05, 4.69) is 15.9 Å². The summed E-state index contributed by atoms with van der Waals surface area (Å²) >= 11 is 3.47. The fourth-order valence-electron chi connectivity index (χ4n) is 2.13. The van der Waals surface area contributed by atoms with Crippen molar-refractivity contribution in [2.45, 2.75) is 0 Å². The Kier molecular flexibility index (Phi) is 2.71. The molecule has 0 saturated carbocycles. The SMILES string of the molecule is COc1cc2cc3cc(F)ccc3cc2cc1Br. The summed E-state index contributed by atoms with van der Waals surface area (Å²) in [6.07, 6.45) is 0. The first-order chi connectivity index (χ1) is 8.67. The van der Waals surface area contributed by atoms with Crippen molar-refractivity contribution < 1.29 is 9.13 Å². The van der Waals surface area contributed by atoms with Crippen LogP contribution in [0.1, 0.15) is 0 Å². The summed E-state index contributed by atoms with van der Waals surface area (Å²) < 4.78 is 19.4. The molecule has 3 heteroatoms. The number of hydrogen-bond donors (Lipinski definition) is 0. The molecule has 0 radical (unpaired) electrons. The monoisotopic (exact) mass is 304 g/mol. The predicted molar refractivity (Wildman–Crippen MR) is 75.7 cm³/mol. The Bertz CT molecular complexity index is 752. The second-order valence-corrected chi connectivity index (χ2v) is 5.03. The van der Waals surface area contributed by atoms with E-state index in [1.165, 1.54) is 6.07 Å². The van der Waals surface area contributed by atoms with Gasteiger partial charge in [-0.2, -0.15) is 0 Å². The maximum Gasteiger partial charge on any atom is 0.133 e. The second kappa shape index (κ2) is 4.25. The molecule has 0 aliphatic rings. The molecule has 0 amide bonds. The van der Waals surface area contributed by atoms with Crippen LogP contribution in [0.3, 0.4) is 0 Å². The molecule has 0 N–H and O–H groups in total. The molecule has 0 aliphatic carbocycles. The van der Waals surface area contributed by atoms with Gasteiger partial charge in [-0.05, 0) is 73.9 Å². The van der Waals surface area contributed by atoms with E-state index in [4.69, 9.17) is 4.74 Å². The Morgan fingerprint density at radius 3 is 2.33 bits per heavy atom. The van der Waals surface area contributed by atoms with Crippen LogP contribution in [0.5, 0.6) is 5.75 Å². The van der Waals surface area contributed by atoms with Crippen molar-refractivity contribution in [3.8, 4) is 5.75 Å². The van der Waals surface area contributed by atoms with Crippen LogP contribution in [0.15, 0.2) is 46.9 Å². The minimum atomic E-state index is -0.217. The van der Waals surface area contributed by atoms with Gasteiger partial charge in [0.05, 0.1) is 11.6 Å². The number of ether oxygens (including phenoxy) is 1. The van der Waals surface area contributed by atoms with E-state index in [-0.39, 0.29) is 5.82 Å². The van der Waals surface area contributed by atoms with Crippen molar-refractivity contribution in [1.82, 2.24) is 0 Å². The second-order valence-electron chi connectivity index (χ2n) is 4.18. The Balaban J connectivity index is 2.38. The van der Waals surface area contributed by atoms with Gasteiger partial charge in [-0.3, -0.25) is 0 Å². The van der Waals surface area contributed by atoms with Gasteiger partial charge in [0.1, 0.15) is 11.6 Å². The van der Waals surface area contributed by atoms with Crippen LogP contribution in [0.4, 0.5) is 4.39 Å². The molecule has 0 atom stereocenters. The fraction of sp³-hybridized carbons (Fsp3) is 0.0667. The minimum absolute atomic E-state index is 0.217. The van der Waals surface area contributed by atoms with Gasteiger partial charge in [0.25, 0.3) is 0 Å². The molecule has 0 spiro atoms. The Labute approximate surface area is 112 Å². The molecule has 0 unspecified atom stereocenters. The summed E-state index contributed by atoms with van der Waals surface area (Å²) in [7, 11) is 1.63. The first-order valence-electron chi connectivity index (χ1n) is 5.54. The third kappa shape index (κ3) is 1.85. The van der Waals surface area contributed by atoms with Crippen LogP contribution in [-0.4, -0.2) is 7.11 Å². The first kappa shape index (κ1) is 11.5. The van der Waals surface area contributed by atoms with E-state index >= 15 is 0 Å². The van der Waals surface area contributed by atoms with Gasteiger partial charge in [0.2, 0.25) is 0 Å². The molecule has 3 rings (SSSR count). The van der Waals surface area contributed by atoms with Gasteiger partial charge in [-0.25, -0.2) is 4.39 Å². The zero-order chi connectivity index (χ0) is 12.7. The average Bonchev–Trinajstić information content (AvgIpc) is 2.36. The number of methoxy groups -OCH3 is 1. The number of hydrogen-bond acceptors (Lipinski definition) is 1. The van der Waals surface area contributed by atoms with Crippen LogP contribution in [0.2, 0.25) is 0 Å².